The molecule has 2 aromatic carbocycles. The molecule has 1 saturated carbocycles. The molecule has 2 N–H and O–H groups in total. The van der Waals surface area contributed by atoms with Crippen molar-refractivity contribution in [3.05, 3.63) is 53.1 Å². The van der Waals surface area contributed by atoms with Crippen LogP contribution in [0.4, 0.5) is 17.1 Å². The van der Waals surface area contributed by atoms with Gasteiger partial charge in [-0.15, -0.1) is 0 Å². The third-order valence-electron chi connectivity index (χ3n) is 6.45. The Kier molecular flexibility index (Phi) is 8.05. The molecular formula is C26H30ClN3O5. The lowest BCUT2D eigenvalue weighted by atomic mass is 9.94. The van der Waals surface area contributed by atoms with Crippen molar-refractivity contribution in [2.24, 2.45) is 11.8 Å². The molecule has 0 spiro atoms. The molecule has 2 aromatic rings. The van der Waals surface area contributed by atoms with Gasteiger partial charge in [0.25, 0.3) is 5.91 Å². The van der Waals surface area contributed by atoms with Crippen molar-refractivity contribution >= 4 is 46.4 Å². The zero-order valence-electron chi connectivity index (χ0n) is 19.9. The molecule has 35 heavy (non-hydrogen) atoms. The fourth-order valence-corrected chi connectivity index (χ4v) is 4.88. The lowest BCUT2D eigenvalue weighted by molar-refractivity contribution is -0.128. The summed E-state index contributed by atoms with van der Waals surface area (Å²) >= 11 is 5.94. The van der Waals surface area contributed by atoms with E-state index >= 15 is 0 Å². The first-order valence-corrected chi connectivity index (χ1v) is 12.2. The van der Waals surface area contributed by atoms with Crippen molar-refractivity contribution in [2.75, 3.05) is 41.9 Å². The fourth-order valence-electron chi connectivity index (χ4n) is 4.75. The van der Waals surface area contributed by atoms with Gasteiger partial charge in [0.05, 0.1) is 24.5 Å². The van der Waals surface area contributed by atoms with E-state index in [-0.39, 0.29) is 30.4 Å². The van der Waals surface area contributed by atoms with Crippen LogP contribution in [0.1, 0.15) is 25.3 Å². The van der Waals surface area contributed by atoms with Crippen LogP contribution >= 0.6 is 11.6 Å². The van der Waals surface area contributed by atoms with Gasteiger partial charge in [0.15, 0.2) is 0 Å². The van der Waals surface area contributed by atoms with E-state index in [4.69, 9.17) is 21.1 Å². The van der Waals surface area contributed by atoms with E-state index in [1.165, 1.54) is 0 Å². The monoisotopic (exact) mass is 499 g/mol. The second kappa shape index (κ2) is 11.2. The summed E-state index contributed by atoms with van der Waals surface area (Å²) in [4.78, 5) is 40.3. The number of halogens is 1. The quantitative estimate of drug-likeness (QED) is 0.599. The average Bonchev–Trinajstić information content (AvgIpc) is 3.26. The summed E-state index contributed by atoms with van der Waals surface area (Å²) in [7, 11) is 0. The summed E-state index contributed by atoms with van der Waals surface area (Å²) in [6, 6.07) is 12.3. The lowest BCUT2D eigenvalue weighted by Crippen LogP contribution is -2.42. The van der Waals surface area contributed by atoms with Crippen LogP contribution in [0.15, 0.2) is 42.5 Å². The molecule has 1 heterocycles. The number of hydrogen-bond donors (Lipinski definition) is 2. The number of morpholine rings is 1. The minimum Gasteiger partial charge on any atom is -0.378 e. The Balaban J connectivity index is 1.46. The van der Waals surface area contributed by atoms with Gasteiger partial charge in [-0.3, -0.25) is 14.4 Å². The van der Waals surface area contributed by atoms with Crippen molar-refractivity contribution in [3.8, 4) is 0 Å². The van der Waals surface area contributed by atoms with Gasteiger partial charge < -0.3 is 25.0 Å². The predicted octanol–water partition coefficient (Wildman–Crippen LogP) is 4.02. The van der Waals surface area contributed by atoms with Crippen LogP contribution in [0.5, 0.6) is 0 Å². The van der Waals surface area contributed by atoms with Gasteiger partial charge in [0.1, 0.15) is 6.61 Å². The van der Waals surface area contributed by atoms with Crippen LogP contribution in [0.25, 0.3) is 0 Å². The summed E-state index contributed by atoms with van der Waals surface area (Å²) in [6.07, 6.45) is 0.786. The molecule has 186 valence electrons. The number of amides is 3. The summed E-state index contributed by atoms with van der Waals surface area (Å²) in [6.45, 7) is 5.38. The Bertz CT molecular complexity index is 1090. The lowest BCUT2D eigenvalue weighted by Gasteiger charge is -2.28. The molecule has 0 bridgehead atoms. The maximum atomic E-state index is 13.3. The summed E-state index contributed by atoms with van der Waals surface area (Å²) in [5.74, 6) is -1.57. The fraction of sp³-hybridized carbons (Fsp3) is 0.423. The Morgan fingerprint density at radius 2 is 1.69 bits per heavy atom. The second-order valence-electron chi connectivity index (χ2n) is 8.85. The van der Waals surface area contributed by atoms with Crippen molar-refractivity contribution in [2.45, 2.75) is 32.8 Å². The van der Waals surface area contributed by atoms with Gasteiger partial charge >= 0.3 is 0 Å². The molecule has 0 radical (unpaired) electrons. The van der Waals surface area contributed by atoms with E-state index in [1.807, 2.05) is 26.0 Å². The second-order valence-corrected chi connectivity index (χ2v) is 9.28. The number of rotatable bonds is 7. The first kappa shape index (κ1) is 25.2. The Morgan fingerprint density at radius 3 is 2.29 bits per heavy atom. The van der Waals surface area contributed by atoms with E-state index in [9.17, 15) is 14.4 Å². The average molecular weight is 500 g/mol. The maximum absolute atomic E-state index is 13.3. The maximum Gasteiger partial charge on any atom is 0.253 e. The van der Waals surface area contributed by atoms with Crippen molar-refractivity contribution in [1.82, 2.24) is 0 Å². The molecule has 0 aromatic heterocycles. The van der Waals surface area contributed by atoms with Gasteiger partial charge in [-0.1, -0.05) is 11.6 Å². The van der Waals surface area contributed by atoms with E-state index < -0.39 is 11.8 Å². The Hall–Kier alpha value is -2.94. The van der Waals surface area contributed by atoms with E-state index in [0.717, 1.165) is 11.3 Å². The number of hydrogen-bond acceptors (Lipinski definition) is 5. The molecule has 1 aliphatic heterocycles. The van der Waals surface area contributed by atoms with Gasteiger partial charge in [-0.25, -0.2) is 0 Å². The highest BCUT2D eigenvalue weighted by Crippen LogP contribution is 2.36. The minimum absolute atomic E-state index is 0.0695. The van der Waals surface area contributed by atoms with Crippen LogP contribution in [-0.4, -0.2) is 50.2 Å². The molecular weight excluding hydrogens is 470 g/mol. The third kappa shape index (κ3) is 6.01. The molecule has 2 fully saturated rings. The zero-order chi connectivity index (χ0) is 24.9. The molecule has 8 nitrogen and oxygen atoms in total. The predicted molar refractivity (Wildman–Crippen MR) is 135 cm³/mol. The number of carbonyl (C=O) groups is 3. The number of anilines is 3. The molecule has 3 atom stereocenters. The van der Waals surface area contributed by atoms with Crippen LogP contribution in [-0.2, 0) is 23.9 Å². The Labute approximate surface area is 209 Å². The molecule has 2 aliphatic rings. The van der Waals surface area contributed by atoms with Gasteiger partial charge in [0, 0.05) is 35.2 Å². The molecule has 3 amide bonds. The Morgan fingerprint density at radius 1 is 1.06 bits per heavy atom. The summed E-state index contributed by atoms with van der Waals surface area (Å²) in [5.41, 5.74) is 2.92. The summed E-state index contributed by atoms with van der Waals surface area (Å²) in [5, 5.41) is 6.44. The first-order chi connectivity index (χ1) is 16.9. The third-order valence-corrected chi connectivity index (χ3v) is 6.70. The molecule has 1 aliphatic carbocycles. The minimum atomic E-state index is -0.528. The largest absolute Gasteiger partial charge is 0.378 e. The SMILES string of the molecule is CCO[C@H]1CC(C(=O)Nc2ccc(Cl)cc2)[C@@H](C(=O)Nc2ccc(N3CCOCC3=O)c(C)c2)C1. The van der Waals surface area contributed by atoms with Crippen molar-refractivity contribution in [1.29, 1.82) is 0 Å². The van der Waals surface area contributed by atoms with E-state index in [1.54, 1.807) is 35.2 Å². The van der Waals surface area contributed by atoms with Gasteiger partial charge in [0.2, 0.25) is 11.8 Å². The van der Waals surface area contributed by atoms with E-state index in [2.05, 4.69) is 10.6 Å². The number of nitrogens with one attached hydrogen (secondary N) is 2. The highest BCUT2D eigenvalue weighted by molar-refractivity contribution is 6.30. The molecule has 4 rings (SSSR count). The molecule has 9 heteroatoms. The van der Waals surface area contributed by atoms with Crippen molar-refractivity contribution in [3.63, 3.8) is 0 Å². The summed E-state index contributed by atoms with van der Waals surface area (Å²) < 4.78 is 11.0. The highest BCUT2D eigenvalue weighted by Gasteiger charge is 2.43. The molecule has 1 unspecified atom stereocenters. The topological polar surface area (TPSA) is 97.0 Å². The van der Waals surface area contributed by atoms with Crippen LogP contribution < -0.4 is 15.5 Å². The van der Waals surface area contributed by atoms with Gasteiger partial charge in [-0.2, -0.15) is 0 Å². The standard InChI is InChI=1S/C26H30ClN3O5/c1-3-35-20-13-21(25(32)28-18-6-4-17(27)5-7-18)22(14-20)26(33)29-19-8-9-23(16(2)12-19)30-10-11-34-15-24(30)31/h4-9,12,20-22H,3,10-11,13-15H2,1-2H3,(H,28,32)(H,29,33)/t20-,21?,22-/m0/s1. The number of benzene rings is 2. The van der Waals surface area contributed by atoms with Gasteiger partial charge in [-0.05, 0) is 74.7 Å². The smallest absolute Gasteiger partial charge is 0.253 e. The number of carbonyl (C=O) groups excluding carboxylic acids is 3. The number of nitrogens with zero attached hydrogens (tertiary/aromatic N) is 1. The number of ether oxygens (including phenoxy) is 2. The molecule has 1 saturated heterocycles. The van der Waals surface area contributed by atoms with Crippen LogP contribution in [0.3, 0.4) is 0 Å². The normalized spacial score (nSPS) is 22.2. The first-order valence-electron chi connectivity index (χ1n) is 11.8. The van der Waals surface area contributed by atoms with Crippen molar-refractivity contribution < 1.29 is 23.9 Å². The number of aryl methyl sites for hydroxylation is 1. The highest BCUT2D eigenvalue weighted by atomic mass is 35.5. The van der Waals surface area contributed by atoms with Crippen LogP contribution in [0, 0.1) is 18.8 Å². The van der Waals surface area contributed by atoms with E-state index in [0.29, 0.717) is 49.0 Å². The van der Waals surface area contributed by atoms with Crippen LogP contribution in [0.2, 0.25) is 5.02 Å². The zero-order valence-corrected chi connectivity index (χ0v) is 20.6.